The van der Waals surface area contributed by atoms with Crippen molar-refractivity contribution in [1.82, 2.24) is 0 Å². The normalized spacial score (nSPS) is 11.5. The van der Waals surface area contributed by atoms with Crippen LogP contribution >= 0.6 is 0 Å². The fourth-order valence-electron chi connectivity index (χ4n) is 2.24. The molecular formula is C20H21NO4. The van der Waals surface area contributed by atoms with Gasteiger partial charge in [0, 0.05) is 23.2 Å². The smallest absolute Gasteiger partial charge is 0.265 e. The van der Waals surface area contributed by atoms with Crippen LogP contribution in [0.1, 0.15) is 47.9 Å². The van der Waals surface area contributed by atoms with Crippen LogP contribution in [-0.4, -0.2) is 23.6 Å². The van der Waals surface area contributed by atoms with E-state index in [4.69, 9.17) is 4.74 Å². The molecule has 2 rings (SSSR count). The third-order valence-corrected chi connectivity index (χ3v) is 3.72. The fraction of sp³-hybridized carbons (Fsp3) is 0.250. The highest BCUT2D eigenvalue weighted by atomic mass is 16.5. The van der Waals surface area contributed by atoms with E-state index in [-0.39, 0.29) is 17.5 Å². The van der Waals surface area contributed by atoms with Gasteiger partial charge in [-0.15, -0.1) is 0 Å². The topological polar surface area (TPSA) is 72.5 Å². The molecule has 0 unspecified atom stereocenters. The summed E-state index contributed by atoms with van der Waals surface area (Å²) in [7, 11) is 0. The Kier molecular flexibility index (Phi) is 6.06. The minimum absolute atomic E-state index is 0.0581. The highest BCUT2D eigenvalue weighted by molar-refractivity contribution is 5.98. The molecule has 0 spiro atoms. The minimum Gasteiger partial charge on any atom is -0.481 e. The predicted molar refractivity (Wildman–Crippen MR) is 96.2 cm³/mol. The second-order valence-corrected chi connectivity index (χ2v) is 5.69. The number of amides is 1. The number of carbonyl (C=O) groups is 3. The lowest BCUT2D eigenvalue weighted by Crippen LogP contribution is -2.30. The van der Waals surface area contributed by atoms with E-state index in [1.807, 2.05) is 0 Å². The Morgan fingerprint density at radius 1 is 1.04 bits per heavy atom. The molecule has 0 fully saturated rings. The maximum Gasteiger partial charge on any atom is 0.265 e. The first-order valence-electron chi connectivity index (χ1n) is 8.12. The van der Waals surface area contributed by atoms with Gasteiger partial charge in [-0.2, -0.15) is 0 Å². The molecule has 0 radical (unpaired) electrons. The first-order valence-corrected chi connectivity index (χ1v) is 8.12. The molecule has 1 amide bonds. The highest BCUT2D eigenvalue weighted by Crippen LogP contribution is 2.16. The second-order valence-electron chi connectivity index (χ2n) is 5.69. The summed E-state index contributed by atoms with van der Waals surface area (Å²) in [4.78, 5) is 35.2. The van der Waals surface area contributed by atoms with E-state index >= 15 is 0 Å². The first-order chi connectivity index (χ1) is 11.9. The summed E-state index contributed by atoms with van der Waals surface area (Å²) < 4.78 is 5.60. The van der Waals surface area contributed by atoms with E-state index in [0.717, 1.165) is 0 Å². The zero-order chi connectivity index (χ0) is 18.4. The molecule has 0 saturated carbocycles. The van der Waals surface area contributed by atoms with E-state index in [9.17, 15) is 14.4 Å². The number of ketones is 2. The van der Waals surface area contributed by atoms with Crippen LogP contribution in [0.15, 0.2) is 48.5 Å². The number of ether oxygens (including phenoxy) is 1. The number of rotatable bonds is 7. The number of Topliss-reactive ketones (excluding diaryl/α,β-unsaturated/α-hetero) is 2. The molecule has 1 N–H and O–H groups in total. The van der Waals surface area contributed by atoms with Crippen molar-refractivity contribution >= 4 is 23.2 Å². The highest BCUT2D eigenvalue weighted by Gasteiger charge is 2.15. The number of hydrogen-bond donors (Lipinski definition) is 1. The first kappa shape index (κ1) is 18.4. The van der Waals surface area contributed by atoms with Gasteiger partial charge in [-0.1, -0.05) is 19.1 Å². The molecule has 0 aliphatic rings. The van der Waals surface area contributed by atoms with Crippen LogP contribution in [0.2, 0.25) is 0 Å². The molecule has 2 aromatic rings. The van der Waals surface area contributed by atoms with Gasteiger partial charge in [0.15, 0.2) is 17.7 Å². The van der Waals surface area contributed by atoms with E-state index in [1.54, 1.807) is 62.4 Å². The molecule has 0 aliphatic heterocycles. The Balaban J connectivity index is 1.99. The van der Waals surface area contributed by atoms with E-state index < -0.39 is 6.10 Å². The standard InChI is InChI=1S/C20H21NO4/c1-4-19(23)15-8-10-18(11-9-15)25-14(3)20(24)21-17-7-5-6-16(12-17)13(2)22/h5-12,14H,4H2,1-3H3,(H,21,24)/t14-/m1/s1. The number of carbonyl (C=O) groups excluding carboxylic acids is 3. The molecule has 2 aromatic carbocycles. The number of benzene rings is 2. The van der Waals surface area contributed by atoms with Crippen LogP contribution in [0.3, 0.4) is 0 Å². The summed E-state index contributed by atoms with van der Waals surface area (Å²) in [5.41, 5.74) is 1.69. The van der Waals surface area contributed by atoms with Crippen LogP contribution in [0.4, 0.5) is 5.69 Å². The second kappa shape index (κ2) is 8.24. The third-order valence-electron chi connectivity index (χ3n) is 3.72. The monoisotopic (exact) mass is 339 g/mol. The zero-order valence-corrected chi connectivity index (χ0v) is 14.5. The molecular weight excluding hydrogens is 318 g/mol. The SMILES string of the molecule is CCC(=O)c1ccc(O[C@H](C)C(=O)Nc2cccc(C(C)=O)c2)cc1. The Hall–Kier alpha value is -2.95. The third kappa shape index (κ3) is 5.01. The average molecular weight is 339 g/mol. The van der Waals surface area contributed by atoms with Crippen molar-refractivity contribution < 1.29 is 19.1 Å². The maximum atomic E-state index is 12.2. The Bertz CT molecular complexity index is 781. The number of hydrogen-bond acceptors (Lipinski definition) is 4. The Morgan fingerprint density at radius 3 is 2.32 bits per heavy atom. The lowest BCUT2D eigenvalue weighted by atomic mass is 10.1. The van der Waals surface area contributed by atoms with Crippen molar-refractivity contribution in [3.05, 3.63) is 59.7 Å². The molecule has 0 bridgehead atoms. The van der Waals surface area contributed by atoms with Crippen molar-refractivity contribution in [3.8, 4) is 5.75 Å². The zero-order valence-electron chi connectivity index (χ0n) is 14.5. The van der Waals surface area contributed by atoms with Crippen LogP contribution in [0, 0.1) is 0 Å². The van der Waals surface area contributed by atoms with Gasteiger partial charge in [0.25, 0.3) is 5.91 Å². The summed E-state index contributed by atoms with van der Waals surface area (Å²) in [6.45, 7) is 4.91. The molecule has 25 heavy (non-hydrogen) atoms. The van der Waals surface area contributed by atoms with Gasteiger partial charge >= 0.3 is 0 Å². The van der Waals surface area contributed by atoms with Crippen LogP contribution in [0.25, 0.3) is 0 Å². The lowest BCUT2D eigenvalue weighted by Gasteiger charge is -2.15. The van der Waals surface area contributed by atoms with E-state index in [0.29, 0.717) is 29.0 Å². The average Bonchev–Trinajstić information content (AvgIpc) is 2.61. The molecule has 0 aromatic heterocycles. The van der Waals surface area contributed by atoms with Crippen LogP contribution in [-0.2, 0) is 4.79 Å². The maximum absolute atomic E-state index is 12.2. The van der Waals surface area contributed by atoms with Gasteiger partial charge in [-0.3, -0.25) is 14.4 Å². The summed E-state index contributed by atoms with van der Waals surface area (Å²) in [6.07, 6.45) is -0.285. The number of nitrogens with one attached hydrogen (secondary N) is 1. The van der Waals surface area contributed by atoms with Crippen molar-refractivity contribution in [2.24, 2.45) is 0 Å². The minimum atomic E-state index is -0.728. The summed E-state index contributed by atoms with van der Waals surface area (Å²) in [5, 5.41) is 2.73. The van der Waals surface area contributed by atoms with Gasteiger partial charge in [0.2, 0.25) is 0 Å². The van der Waals surface area contributed by atoms with Crippen LogP contribution < -0.4 is 10.1 Å². The molecule has 5 nitrogen and oxygen atoms in total. The molecule has 5 heteroatoms. The van der Waals surface area contributed by atoms with Gasteiger partial charge in [-0.05, 0) is 50.2 Å². The Morgan fingerprint density at radius 2 is 1.72 bits per heavy atom. The molecule has 0 aliphatic carbocycles. The van der Waals surface area contributed by atoms with Gasteiger partial charge in [-0.25, -0.2) is 0 Å². The van der Waals surface area contributed by atoms with Gasteiger partial charge < -0.3 is 10.1 Å². The summed E-state index contributed by atoms with van der Waals surface area (Å²) in [5.74, 6) is 0.173. The van der Waals surface area contributed by atoms with Gasteiger partial charge in [0.1, 0.15) is 5.75 Å². The van der Waals surface area contributed by atoms with Crippen molar-refractivity contribution in [2.75, 3.05) is 5.32 Å². The fourth-order valence-corrected chi connectivity index (χ4v) is 2.24. The molecule has 130 valence electrons. The molecule has 0 saturated heterocycles. The molecule has 0 heterocycles. The molecule has 1 atom stereocenters. The van der Waals surface area contributed by atoms with Crippen molar-refractivity contribution in [2.45, 2.75) is 33.3 Å². The predicted octanol–water partition coefficient (Wildman–Crippen LogP) is 3.89. The summed E-state index contributed by atoms with van der Waals surface area (Å²) in [6, 6.07) is 13.4. The lowest BCUT2D eigenvalue weighted by molar-refractivity contribution is -0.122. The summed E-state index contributed by atoms with van der Waals surface area (Å²) >= 11 is 0. The number of anilines is 1. The van der Waals surface area contributed by atoms with Gasteiger partial charge in [0.05, 0.1) is 0 Å². The van der Waals surface area contributed by atoms with Crippen molar-refractivity contribution in [3.63, 3.8) is 0 Å². The van der Waals surface area contributed by atoms with Crippen LogP contribution in [0.5, 0.6) is 5.75 Å². The Labute approximate surface area is 147 Å². The van der Waals surface area contributed by atoms with E-state index in [2.05, 4.69) is 5.32 Å². The largest absolute Gasteiger partial charge is 0.481 e. The van der Waals surface area contributed by atoms with Crippen molar-refractivity contribution in [1.29, 1.82) is 0 Å². The van der Waals surface area contributed by atoms with E-state index in [1.165, 1.54) is 6.92 Å². The quantitative estimate of drug-likeness (QED) is 0.777.